The van der Waals surface area contributed by atoms with E-state index in [1.807, 2.05) is 12.1 Å². The molecule has 0 radical (unpaired) electrons. The van der Waals surface area contributed by atoms with Crippen LogP contribution >= 0.6 is 0 Å². The Morgan fingerprint density at radius 2 is 1.78 bits per heavy atom. The van der Waals surface area contributed by atoms with Crippen molar-refractivity contribution < 1.29 is 23.5 Å². The molecule has 3 atom stereocenters. The first-order chi connectivity index (χ1) is 18.0. The highest BCUT2D eigenvalue weighted by Crippen LogP contribution is 2.34. The summed E-state index contributed by atoms with van der Waals surface area (Å²) in [5.41, 5.74) is 1.64. The second-order valence-electron chi connectivity index (χ2n) is 9.37. The van der Waals surface area contributed by atoms with E-state index < -0.39 is 12.1 Å². The first-order valence-electron chi connectivity index (χ1n) is 12.4. The number of carbonyl (C=O) groups excluding carboxylic acids is 2. The van der Waals surface area contributed by atoms with Crippen LogP contribution in [-0.2, 0) is 4.74 Å². The highest BCUT2D eigenvalue weighted by atomic mass is 16.6. The number of nitrogens with zero attached hydrogens (tertiary/aromatic N) is 1. The van der Waals surface area contributed by atoms with Gasteiger partial charge in [0.2, 0.25) is 0 Å². The standard InChI is InChI=1S/C30H30N2O5/c1-20(25-10-5-8-21-7-3-4-9-26(21)25)31-17-23-18-32(19-27(23)28-11-6-16-36-28)30(34)37-24-14-12-22(13-15-24)29(33)35-2/h3-16,20,23,27,31H,17-19H2,1-2H3/t20-,23+,27+/m1/s1. The van der Waals surface area contributed by atoms with Crippen LogP contribution in [0.25, 0.3) is 10.8 Å². The molecule has 0 spiro atoms. The summed E-state index contributed by atoms with van der Waals surface area (Å²) in [6.07, 6.45) is 1.24. The van der Waals surface area contributed by atoms with Crippen LogP contribution in [0.2, 0.25) is 0 Å². The van der Waals surface area contributed by atoms with Gasteiger partial charge in [0, 0.05) is 37.5 Å². The molecule has 1 aliphatic rings. The van der Waals surface area contributed by atoms with Crippen molar-refractivity contribution in [3.05, 3.63) is 102 Å². The zero-order valence-electron chi connectivity index (χ0n) is 20.9. The number of rotatable bonds is 7. The van der Waals surface area contributed by atoms with E-state index in [0.29, 0.717) is 30.9 Å². The Morgan fingerprint density at radius 1 is 1.00 bits per heavy atom. The van der Waals surface area contributed by atoms with Crippen LogP contribution in [-0.4, -0.2) is 43.7 Å². The predicted octanol–water partition coefficient (Wildman–Crippen LogP) is 5.78. The van der Waals surface area contributed by atoms with E-state index in [4.69, 9.17) is 13.9 Å². The van der Waals surface area contributed by atoms with Crippen LogP contribution in [0.15, 0.2) is 89.5 Å². The fourth-order valence-electron chi connectivity index (χ4n) is 5.06. The summed E-state index contributed by atoms with van der Waals surface area (Å²) in [6.45, 7) is 3.93. The van der Waals surface area contributed by atoms with Crippen molar-refractivity contribution in [1.82, 2.24) is 10.2 Å². The van der Waals surface area contributed by atoms with E-state index in [-0.39, 0.29) is 17.9 Å². The van der Waals surface area contributed by atoms with Crippen LogP contribution in [0, 0.1) is 5.92 Å². The third-order valence-electron chi connectivity index (χ3n) is 7.06. The number of fused-ring (bicyclic) bond motifs is 1. The average molecular weight is 499 g/mol. The molecule has 0 aliphatic carbocycles. The minimum atomic E-state index is -0.438. The fourth-order valence-corrected chi connectivity index (χ4v) is 5.06. The molecule has 1 saturated heterocycles. The Bertz CT molecular complexity index is 1360. The number of likely N-dealkylation sites (tertiary alicyclic amines) is 1. The van der Waals surface area contributed by atoms with Crippen molar-refractivity contribution in [2.75, 3.05) is 26.7 Å². The lowest BCUT2D eigenvalue weighted by molar-refractivity contribution is 0.0600. The van der Waals surface area contributed by atoms with E-state index in [1.54, 1.807) is 35.4 Å². The maximum Gasteiger partial charge on any atom is 0.415 e. The van der Waals surface area contributed by atoms with Crippen LogP contribution in [0.1, 0.15) is 40.6 Å². The van der Waals surface area contributed by atoms with Gasteiger partial charge in [-0.05, 0) is 59.7 Å². The zero-order chi connectivity index (χ0) is 25.8. The quantitative estimate of drug-likeness (QED) is 0.325. The lowest BCUT2D eigenvalue weighted by Crippen LogP contribution is -2.33. The van der Waals surface area contributed by atoms with Crippen molar-refractivity contribution in [2.24, 2.45) is 5.92 Å². The van der Waals surface area contributed by atoms with Gasteiger partial charge in [0.1, 0.15) is 11.5 Å². The van der Waals surface area contributed by atoms with Gasteiger partial charge in [-0.25, -0.2) is 9.59 Å². The first kappa shape index (κ1) is 24.6. The van der Waals surface area contributed by atoms with Gasteiger partial charge < -0.3 is 24.1 Å². The molecule has 1 N–H and O–H groups in total. The van der Waals surface area contributed by atoms with Gasteiger partial charge in [-0.1, -0.05) is 42.5 Å². The first-order valence-corrected chi connectivity index (χ1v) is 12.4. The minimum Gasteiger partial charge on any atom is -0.469 e. The second-order valence-corrected chi connectivity index (χ2v) is 9.37. The van der Waals surface area contributed by atoms with Crippen molar-refractivity contribution >= 4 is 22.8 Å². The van der Waals surface area contributed by atoms with E-state index in [9.17, 15) is 9.59 Å². The van der Waals surface area contributed by atoms with Gasteiger partial charge in [0.25, 0.3) is 0 Å². The molecular formula is C30H30N2O5. The number of furan rings is 1. The molecule has 2 heterocycles. The maximum atomic E-state index is 13.0. The molecule has 0 unspecified atom stereocenters. The molecular weight excluding hydrogens is 468 g/mol. The van der Waals surface area contributed by atoms with Gasteiger partial charge in [-0.3, -0.25) is 0 Å². The molecule has 190 valence electrons. The molecule has 1 aliphatic heterocycles. The third kappa shape index (κ3) is 5.37. The molecule has 7 nitrogen and oxygen atoms in total. The number of esters is 1. The Morgan fingerprint density at radius 3 is 2.54 bits per heavy atom. The molecule has 5 rings (SSSR count). The van der Waals surface area contributed by atoms with Crippen molar-refractivity contribution in [1.29, 1.82) is 0 Å². The van der Waals surface area contributed by atoms with Crippen LogP contribution in [0.5, 0.6) is 5.75 Å². The molecule has 37 heavy (non-hydrogen) atoms. The number of ether oxygens (including phenoxy) is 2. The monoisotopic (exact) mass is 498 g/mol. The zero-order valence-corrected chi connectivity index (χ0v) is 20.9. The van der Waals surface area contributed by atoms with Gasteiger partial charge in [-0.2, -0.15) is 0 Å². The van der Waals surface area contributed by atoms with Crippen molar-refractivity contribution in [2.45, 2.75) is 18.9 Å². The number of methoxy groups -OCH3 is 1. The number of amides is 1. The van der Waals surface area contributed by atoms with Crippen LogP contribution < -0.4 is 10.1 Å². The van der Waals surface area contributed by atoms with E-state index in [2.05, 4.69) is 54.7 Å². The van der Waals surface area contributed by atoms with Crippen LogP contribution in [0.4, 0.5) is 4.79 Å². The number of carbonyl (C=O) groups is 2. The Labute approximate surface area is 216 Å². The molecule has 3 aromatic carbocycles. The van der Waals surface area contributed by atoms with Gasteiger partial charge in [-0.15, -0.1) is 0 Å². The topological polar surface area (TPSA) is 81.0 Å². The Kier molecular flexibility index (Phi) is 7.23. The molecule has 0 bridgehead atoms. The number of nitrogens with one attached hydrogen (secondary N) is 1. The summed E-state index contributed by atoms with van der Waals surface area (Å²) in [6, 6.07) is 25.1. The van der Waals surface area contributed by atoms with Gasteiger partial charge >= 0.3 is 12.1 Å². The smallest absolute Gasteiger partial charge is 0.415 e. The van der Waals surface area contributed by atoms with Gasteiger partial charge in [0.15, 0.2) is 0 Å². The molecule has 1 fully saturated rings. The molecule has 4 aromatic rings. The van der Waals surface area contributed by atoms with E-state index >= 15 is 0 Å². The lowest BCUT2D eigenvalue weighted by Gasteiger charge is -2.22. The summed E-state index contributed by atoms with van der Waals surface area (Å²) in [4.78, 5) is 26.4. The minimum absolute atomic E-state index is 0.0523. The van der Waals surface area contributed by atoms with Crippen LogP contribution in [0.3, 0.4) is 0 Å². The second kappa shape index (κ2) is 10.9. The highest BCUT2D eigenvalue weighted by molar-refractivity contribution is 5.89. The summed E-state index contributed by atoms with van der Waals surface area (Å²) < 4.78 is 16.1. The fraction of sp³-hybridized carbons (Fsp3) is 0.267. The van der Waals surface area contributed by atoms with Crippen molar-refractivity contribution in [3.8, 4) is 5.75 Å². The molecule has 1 aromatic heterocycles. The van der Waals surface area contributed by atoms with E-state index in [1.165, 1.54) is 23.4 Å². The summed E-state index contributed by atoms with van der Waals surface area (Å²) in [5, 5.41) is 6.15. The lowest BCUT2D eigenvalue weighted by atomic mass is 9.93. The number of benzene rings is 3. The summed E-state index contributed by atoms with van der Waals surface area (Å²) in [7, 11) is 1.33. The van der Waals surface area contributed by atoms with Crippen molar-refractivity contribution in [3.63, 3.8) is 0 Å². The normalized spacial score (nSPS) is 18.1. The third-order valence-corrected chi connectivity index (χ3v) is 7.06. The average Bonchev–Trinajstić information content (AvgIpc) is 3.61. The Balaban J connectivity index is 1.27. The molecule has 1 amide bonds. The predicted molar refractivity (Wildman–Crippen MR) is 141 cm³/mol. The number of hydrogen-bond acceptors (Lipinski definition) is 6. The van der Waals surface area contributed by atoms with E-state index in [0.717, 1.165) is 5.76 Å². The maximum absolute atomic E-state index is 13.0. The highest BCUT2D eigenvalue weighted by Gasteiger charge is 2.38. The molecule has 7 heteroatoms. The number of hydrogen-bond donors (Lipinski definition) is 1. The summed E-state index contributed by atoms with van der Waals surface area (Å²) >= 11 is 0. The SMILES string of the molecule is COC(=O)c1ccc(OC(=O)N2C[C@H](CN[C@H](C)c3cccc4ccccc34)[C@@H](c3ccco3)C2)cc1. The molecule has 0 saturated carbocycles. The Hall–Kier alpha value is -4.10. The summed E-state index contributed by atoms with van der Waals surface area (Å²) in [5.74, 6) is 1.00. The largest absolute Gasteiger partial charge is 0.469 e. The van der Waals surface area contributed by atoms with Gasteiger partial charge in [0.05, 0.1) is 18.9 Å².